The number of aromatic nitrogens is 5. The van der Waals surface area contributed by atoms with Crippen LogP contribution in [0.1, 0.15) is 11.1 Å². The number of amides is 1. The molecule has 0 saturated carbocycles. The van der Waals surface area contributed by atoms with Crippen LogP contribution in [0.3, 0.4) is 0 Å². The van der Waals surface area contributed by atoms with Crippen molar-refractivity contribution in [2.45, 2.75) is 13.5 Å². The number of carbonyl (C=O) groups is 1. The molecule has 0 atom stereocenters. The fraction of sp³-hybridized carbons (Fsp3) is 0.304. The number of nitrogens with zero attached hydrogens (tertiary/aromatic N) is 7. The summed E-state index contributed by atoms with van der Waals surface area (Å²) >= 11 is 0. The third-order valence-electron chi connectivity index (χ3n) is 5.88. The van der Waals surface area contributed by atoms with Gasteiger partial charge in [0.1, 0.15) is 0 Å². The zero-order valence-corrected chi connectivity index (χ0v) is 18.0. The summed E-state index contributed by atoms with van der Waals surface area (Å²) in [5.74, 6) is 0.184. The second-order valence-corrected chi connectivity index (χ2v) is 8.23. The molecule has 0 unspecified atom stereocenters. The number of carbonyl (C=O) groups excluding carboxylic acids is 1. The monoisotopic (exact) mass is 415 g/mol. The van der Waals surface area contributed by atoms with Crippen molar-refractivity contribution in [1.82, 2.24) is 34.2 Å². The molecule has 0 spiro atoms. The Bertz CT molecular complexity index is 1270. The summed E-state index contributed by atoms with van der Waals surface area (Å²) in [5.41, 5.74) is 6.94. The number of aryl methyl sites for hydroxylation is 2. The van der Waals surface area contributed by atoms with Crippen molar-refractivity contribution in [2.75, 3.05) is 26.7 Å². The van der Waals surface area contributed by atoms with E-state index in [1.54, 1.807) is 10.9 Å². The molecule has 8 heteroatoms. The van der Waals surface area contributed by atoms with E-state index >= 15 is 0 Å². The molecule has 4 heterocycles. The molecule has 1 aromatic carbocycles. The van der Waals surface area contributed by atoms with Crippen LogP contribution in [0.2, 0.25) is 0 Å². The fourth-order valence-electron chi connectivity index (χ4n) is 4.05. The summed E-state index contributed by atoms with van der Waals surface area (Å²) in [5, 5.41) is 8.70. The first-order chi connectivity index (χ1) is 15.0. The van der Waals surface area contributed by atoms with E-state index in [1.807, 2.05) is 48.2 Å². The minimum Gasteiger partial charge on any atom is -0.336 e. The van der Waals surface area contributed by atoms with Gasteiger partial charge >= 0.3 is 0 Å². The average molecular weight is 416 g/mol. The first-order valence-corrected chi connectivity index (χ1v) is 10.4. The number of likely N-dealkylation sites (N-methyl/N-ethyl adjacent to an activating group) is 1. The van der Waals surface area contributed by atoms with Crippen molar-refractivity contribution < 1.29 is 4.79 Å². The van der Waals surface area contributed by atoms with Gasteiger partial charge in [0.15, 0.2) is 0 Å². The van der Waals surface area contributed by atoms with Crippen molar-refractivity contribution in [2.24, 2.45) is 7.05 Å². The summed E-state index contributed by atoms with van der Waals surface area (Å²) in [6.45, 7) is 4.90. The predicted molar refractivity (Wildman–Crippen MR) is 118 cm³/mol. The highest BCUT2D eigenvalue weighted by Gasteiger charge is 2.22. The smallest absolute Gasteiger partial charge is 0.237 e. The largest absolute Gasteiger partial charge is 0.336 e. The number of piperazine rings is 1. The molecule has 3 aromatic heterocycles. The molecule has 1 fully saturated rings. The van der Waals surface area contributed by atoms with Gasteiger partial charge in [-0.05, 0) is 37.2 Å². The quantitative estimate of drug-likeness (QED) is 0.512. The van der Waals surface area contributed by atoms with Gasteiger partial charge in [-0.2, -0.15) is 10.2 Å². The van der Waals surface area contributed by atoms with Gasteiger partial charge in [0.05, 0.1) is 42.0 Å². The van der Waals surface area contributed by atoms with Crippen LogP contribution in [-0.4, -0.2) is 66.8 Å². The number of hydrogen-bond donors (Lipinski definition) is 0. The van der Waals surface area contributed by atoms with Gasteiger partial charge in [-0.3, -0.25) is 14.4 Å². The molecule has 0 aliphatic carbocycles. The van der Waals surface area contributed by atoms with Crippen LogP contribution in [0, 0.1) is 6.92 Å². The Labute approximate surface area is 180 Å². The summed E-state index contributed by atoms with van der Waals surface area (Å²) in [4.78, 5) is 21.3. The number of fused-ring (bicyclic) bond motifs is 1. The minimum atomic E-state index is 0.184. The Balaban J connectivity index is 1.50. The summed E-state index contributed by atoms with van der Waals surface area (Å²) in [7, 11) is 3.88. The van der Waals surface area contributed by atoms with Crippen LogP contribution in [-0.2, 0) is 18.4 Å². The maximum atomic E-state index is 12.4. The molecule has 1 aliphatic rings. The Kier molecular flexibility index (Phi) is 4.78. The van der Waals surface area contributed by atoms with Crippen LogP contribution in [0.5, 0.6) is 0 Å². The highest BCUT2D eigenvalue weighted by Crippen LogP contribution is 2.28. The van der Waals surface area contributed by atoms with Gasteiger partial charge in [-0.25, -0.2) is 9.50 Å². The van der Waals surface area contributed by atoms with Crippen molar-refractivity contribution in [3.63, 3.8) is 0 Å². The molecule has 31 heavy (non-hydrogen) atoms. The molecule has 1 amide bonds. The molecule has 0 radical (unpaired) electrons. The third kappa shape index (κ3) is 3.70. The van der Waals surface area contributed by atoms with Crippen LogP contribution in [0.25, 0.3) is 28.0 Å². The zero-order valence-electron chi connectivity index (χ0n) is 18.0. The first kappa shape index (κ1) is 19.4. The van der Waals surface area contributed by atoms with E-state index in [2.05, 4.69) is 40.2 Å². The first-order valence-electron chi connectivity index (χ1n) is 10.4. The predicted octanol–water partition coefficient (Wildman–Crippen LogP) is 2.38. The van der Waals surface area contributed by atoms with E-state index in [-0.39, 0.29) is 5.91 Å². The molecule has 0 bridgehead atoms. The Hall–Kier alpha value is -3.52. The second-order valence-electron chi connectivity index (χ2n) is 8.23. The standard InChI is InChI=1S/C23H25N7O/c1-16-10-17(4-5-18(16)13-29-9-8-27(2)15-22(29)31)23-21-6-7-24-30(21)14-20(26-23)19-11-25-28(3)12-19/h4-7,10-12,14H,8-9,13,15H2,1-3H3. The lowest BCUT2D eigenvalue weighted by atomic mass is 10.0. The van der Waals surface area contributed by atoms with Crippen molar-refractivity contribution in [1.29, 1.82) is 0 Å². The Morgan fingerprint density at radius 1 is 1.03 bits per heavy atom. The molecule has 158 valence electrons. The lowest BCUT2D eigenvalue weighted by molar-refractivity contribution is -0.136. The number of hydrogen-bond acceptors (Lipinski definition) is 5. The normalized spacial score (nSPS) is 15.2. The SMILES string of the molecule is Cc1cc(-c2nc(-c3cnn(C)c3)cn3nccc23)ccc1CN1CCN(C)CC1=O. The van der Waals surface area contributed by atoms with E-state index in [9.17, 15) is 4.79 Å². The van der Waals surface area contributed by atoms with Crippen LogP contribution in [0.15, 0.2) is 49.1 Å². The Morgan fingerprint density at radius 2 is 1.90 bits per heavy atom. The van der Waals surface area contributed by atoms with Gasteiger partial charge in [0, 0.05) is 44.0 Å². The maximum absolute atomic E-state index is 12.4. The average Bonchev–Trinajstić information content (AvgIpc) is 3.39. The zero-order chi connectivity index (χ0) is 21.5. The van der Waals surface area contributed by atoms with E-state index < -0.39 is 0 Å². The summed E-state index contributed by atoms with van der Waals surface area (Å²) in [6, 6.07) is 8.33. The van der Waals surface area contributed by atoms with Crippen molar-refractivity contribution in [3.8, 4) is 22.5 Å². The number of benzene rings is 1. The topological polar surface area (TPSA) is 71.6 Å². The fourth-order valence-corrected chi connectivity index (χ4v) is 4.05. The van der Waals surface area contributed by atoms with Gasteiger partial charge < -0.3 is 4.90 Å². The van der Waals surface area contributed by atoms with Crippen LogP contribution < -0.4 is 0 Å². The molecule has 8 nitrogen and oxygen atoms in total. The van der Waals surface area contributed by atoms with Crippen molar-refractivity contribution in [3.05, 3.63) is 60.2 Å². The van der Waals surface area contributed by atoms with Gasteiger partial charge in [0.25, 0.3) is 0 Å². The van der Waals surface area contributed by atoms with E-state index in [1.165, 1.54) is 0 Å². The Morgan fingerprint density at radius 3 is 2.65 bits per heavy atom. The lowest BCUT2D eigenvalue weighted by Gasteiger charge is -2.32. The van der Waals surface area contributed by atoms with Crippen molar-refractivity contribution >= 4 is 11.4 Å². The highest BCUT2D eigenvalue weighted by atomic mass is 16.2. The summed E-state index contributed by atoms with van der Waals surface area (Å²) < 4.78 is 3.62. The maximum Gasteiger partial charge on any atom is 0.237 e. The summed E-state index contributed by atoms with van der Waals surface area (Å²) in [6.07, 6.45) is 7.47. The molecular formula is C23H25N7O. The van der Waals surface area contributed by atoms with E-state index in [4.69, 9.17) is 4.98 Å². The highest BCUT2D eigenvalue weighted by molar-refractivity contribution is 5.80. The van der Waals surface area contributed by atoms with Crippen LogP contribution >= 0.6 is 0 Å². The van der Waals surface area contributed by atoms with Gasteiger partial charge in [-0.15, -0.1) is 0 Å². The minimum absolute atomic E-state index is 0.184. The van der Waals surface area contributed by atoms with E-state index in [0.29, 0.717) is 13.1 Å². The molecule has 1 saturated heterocycles. The second kappa shape index (κ2) is 7.63. The molecule has 4 aromatic rings. The molecular weight excluding hydrogens is 390 g/mol. The van der Waals surface area contributed by atoms with E-state index in [0.717, 1.165) is 52.2 Å². The van der Waals surface area contributed by atoms with Gasteiger partial charge in [-0.1, -0.05) is 12.1 Å². The van der Waals surface area contributed by atoms with Crippen LogP contribution in [0.4, 0.5) is 0 Å². The third-order valence-corrected chi connectivity index (χ3v) is 5.88. The molecule has 0 N–H and O–H groups in total. The molecule has 5 rings (SSSR count). The number of rotatable bonds is 4. The van der Waals surface area contributed by atoms with Gasteiger partial charge in [0.2, 0.25) is 5.91 Å². The molecule has 1 aliphatic heterocycles. The lowest BCUT2D eigenvalue weighted by Crippen LogP contribution is -2.48.